The molecule has 0 unspecified atom stereocenters. The Morgan fingerprint density at radius 1 is 1.06 bits per heavy atom. The lowest BCUT2D eigenvalue weighted by Gasteiger charge is -2.18. The average molecular weight is 476 g/mol. The minimum atomic E-state index is -0.591. The summed E-state index contributed by atoms with van der Waals surface area (Å²) in [6.07, 6.45) is 3.97. The lowest BCUT2D eigenvalue weighted by Crippen LogP contribution is -2.31. The topological polar surface area (TPSA) is 107 Å². The molecular formula is C27H26FN3O4. The number of nitrogens with one attached hydrogen (secondary N) is 2. The molecule has 0 spiro atoms. The Bertz CT molecular complexity index is 1300. The lowest BCUT2D eigenvalue weighted by atomic mass is 10.0. The number of benzene rings is 3. The van der Waals surface area contributed by atoms with Crippen LogP contribution in [0, 0.1) is 5.82 Å². The molecule has 0 aliphatic heterocycles. The van der Waals surface area contributed by atoms with Crippen LogP contribution in [0.15, 0.2) is 66.7 Å². The van der Waals surface area contributed by atoms with Gasteiger partial charge in [-0.3, -0.25) is 9.89 Å². The minimum Gasteiger partial charge on any atom is -0.492 e. The number of aliphatic hydroxyl groups excluding tert-OH is 2. The number of halogens is 1. The summed E-state index contributed by atoms with van der Waals surface area (Å²) in [4.78, 5) is 13.3. The molecule has 7 nitrogen and oxygen atoms in total. The molecule has 0 radical (unpaired) electrons. The van der Waals surface area contributed by atoms with Crippen LogP contribution in [0.25, 0.3) is 23.1 Å². The summed E-state index contributed by atoms with van der Waals surface area (Å²) >= 11 is 0. The molecule has 1 aromatic heterocycles. The first-order valence-electron chi connectivity index (χ1n) is 11.3. The molecule has 1 amide bonds. The van der Waals surface area contributed by atoms with E-state index in [0.717, 1.165) is 11.1 Å². The van der Waals surface area contributed by atoms with Gasteiger partial charge in [0.25, 0.3) is 5.91 Å². The third-order valence-electron chi connectivity index (χ3n) is 5.50. The largest absolute Gasteiger partial charge is 0.492 e. The van der Waals surface area contributed by atoms with Crippen molar-refractivity contribution < 1.29 is 24.1 Å². The van der Waals surface area contributed by atoms with Gasteiger partial charge in [0.2, 0.25) is 0 Å². The van der Waals surface area contributed by atoms with E-state index in [4.69, 9.17) is 4.74 Å². The maximum atomic E-state index is 13.3. The van der Waals surface area contributed by atoms with Crippen molar-refractivity contribution in [2.24, 2.45) is 0 Å². The van der Waals surface area contributed by atoms with E-state index in [2.05, 4.69) is 15.5 Å². The van der Waals surface area contributed by atoms with Crippen LogP contribution in [-0.2, 0) is 0 Å². The van der Waals surface area contributed by atoms with Crippen molar-refractivity contribution in [2.45, 2.75) is 12.5 Å². The predicted octanol–water partition coefficient (Wildman–Crippen LogP) is 4.10. The van der Waals surface area contributed by atoms with Crippen LogP contribution < -0.4 is 10.1 Å². The molecule has 0 bridgehead atoms. The monoisotopic (exact) mass is 475 g/mol. The van der Waals surface area contributed by atoms with Crippen LogP contribution in [0.4, 0.5) is 4.39 Å². The molecule has 0 saturated carbocycles. The summed E-state index contributed by atoms with van der Waals surface area (Å²) in [7, 11) is 0. The second-order valence-corrected chi connectivity index (χ2v) is 7.90. The summed E-state index contributed by atoms with van der Waals surface area (Å²) in [6, 6.07) is 18.0. The van der Waals surface area contributed by atoms with E-state index in [0.29, 0.717) is 28.8 Å². The van der Waals surface area contributed by atoms with Crippen LogP contribution in [0.3, 0.4) is 0 Å². The summed E-state index contributed by atoms with van der Waals surface area (Å²) in [6.45, 7) is -0.124. The van der Waals surface area contributed by atoms with Crippen LogP contribution in [0.1, 0.15) is 39.6 Å². The Morgan fingerprint density at radius 3 is 2.54 bits per heavy atom. The summed E-state index contributed by atoms with van der Waals surface area (Å²) in [5, 5.41) is 29.8. The first-order valence-corrected chi connectivity index (χ1v) is 11.3. The number of amides is 1. The normalized spacial score (nSPS) is 12.2. The van der Waals surface area contributed by atoms with Gasteiger partial charge in [0.1, 0.15) is 11.6 Å². The Labute approximate surface area is 201 Å². The molecule has 4 aromatic rings. The fourth-order valence-corrected chi connectivity index (χ4v) is 3.70. The van der Waals surface area contributed by atoms with Gasteiger partial charge in [0.05, 0.1) is 41.4 Å². The first kappa shape index (κ1) is 24.1. The fourth-order valence-electron chi connectivity index (χ4n) is 3.70. The zero-order valence-corrected chi connectivity index (χ0v) is 18.9. The highest BCUT2D eigenvalue weighted by molar-refractivity contribution is 6.05. The van der Waals surface area contributed by atoms with Gasteiger partial charge in [-0.2, -0.15) is 5.10 Å². The van der Waals surface area contributed by atoms with Gasteiger partial charge in [-0.15, -0.1) is 0 Å². The van der Waals surface area contributed by atoms with Crippen molar-refractivity contribution in [1.82, 2.24) is 15.5 Å². The minimum absolute atomic E-state index is 0.0547. The van der Waals surface area contributed by atoms with Gasteiger partial charge in [-0.05, 0) is 41.5 Å². The Balaban J connectivity index is 1.70. The Kier molecular flexibility index (Phi) is 7.87. The molecule has 4 rings (SSSR count). The van der Waals surface area contributed by atoms with Crippen molar-refractivity contribution in [1.29, 1.82) is 0 Å². The summed E-state index contributed by atoms with van der Waals surface area (Å²) < 4.78 is 19.2. The molecule has 0 fully saturated rings. The molecule has 8 heteroatoms. The standard InChI is InChI=1S/C27H26FN3O4/c28-20-10-7-18(8-11-20)9-13-22-25-23(31-30-22)14-12-21(26(25)35-16-4-15-32)27(34)29-24(17-33)19-5-2-1-3-6-19/h1-3,5-14,24,32-33H,4,15-17H2,(H,29,34)(H,30,31)/t24-/m1/s1. The van der Waals surface area contributed by atoms with Crippen LogP contribution in [-0.4, -0.2) is 46.1 Å². The molecule has 1 atom stereocenters. The molecule has 0 aliphatic rings. The van der Waals surface area contributed by atoms with Crippen LogP contribution >= 0.6 is 0 Å². The first-order chi connectivity index (χ1) is 17.1. The van der Waals surface area contributed by atoms with Gasteiger partial charge in [-0.1, -0.05) is 48.5 Å². The molecular weight excluding hydrogens is 449 g/mol. The van der Waals surface area contributed by atoms with E-state index in [1.807, 2.05) is 30.3 Å². The van der Waals surface area contributed by atoms with Gasteiger partial charge in [0.15, 0.2) is 0 Å². The number of carbonyl (C=O) groups is 1. The number of fused-ring (bicyclic) bond motifs is 1. The molecule has 0 saturated heterocycles. The number of H-pyrrole nitrogens is 1. The van der Waals surface area contributed by atoms with Gasteiger partial charge >= 0.3 is 0 Å². The third kappa shape index (κ3) is 5.74. The van der Waals surface area contributed by atoms with Crippen molar-refractivity contribution in [3.8, 4) is 5.75 Å². The Hall–Kier alpha value is -4.01. The average Bonchev–Trinajstić information content (AvgIpc) is 3.31. The number of aromatic amines is 1. The van der Waals surface area contributed by atoms with Crippen LogP contribution in [0.2, 0.25) is 0 Å². The molecule has 35 heavy (non-hydrogen) atoms. The quantitative estimate of drug-likeness (QED) is 0.258. The molecule has 1 heterocycles. The van der Waals surface area contributed by atoms with Gasteiger partial charge in [-0.25, -0.2) is 4.39 Å². The van der Waals surface area contributed by atoms with Crippen molar-refractivity contribution in [3.05, 3.63) is 94.9 Å². The highest BCUT2D eigenvalue weighted by Gasteiger charge is 2.22. The predicted molar refractivity (Wildman–Crippen MR) is 132 cm³/mol. The van der Waals surface area contributed by atoms with Gasteiger partial charge in [0, 0.05) is 13.0 Å². The number of aliphatic hydroxyl groups is 2. The molecule has 180 valence electrons. The van der Waals surface area contributed by atoms with E-state index < -0.39 is 11.9 Å². The molecule has 4 N–H and O–H groups in total. The third-order valence-corrected chi connectivity index (χ3v) is 5.50. The van der Waals surface area contributed by atoms with Crippen molar-refractivity contribution in [2.75, 3.05) is 19.8 Å². The van der Waals surface area contributed by atoms with Crippen molar-refractivity contribution in [3.63, 3.8) is 0 Å². The van der Waals surface area contributed by atoms with E-state index in [9.17, 15) is 19.4 Å². The van der Waals surface area contributed by atoms with Gasteiger partial charge < -0.3 is 20.3 Å². The highest BCUT2D eigenvalue weighted by Crippen LogP contribution is 2.33. The van der Waals surface area contributed by atoms with Crippen molar-refractivity contribution >= 4 is 29.0 Å². The number of rotatable bonds is 10. The van der Waals surface area contributed by atoms with Crippen LogP contribution in [0.5, 0.6) is 5.75 Å². The Morgan fingerprint density at radius 2 is 1.83 bits per heavy atom. The number of hydrogen-bond donors (Lipinski definition) is 4. The second kappa shape index (κ2) is 11.4. The zero-order chi connectivity index (χ0) is 24.6. The number of hydrogen-bond acceptors (Lipinski definition) is 5. The van der Waals surface area contributed by atoms with E-state index in [-0.39, 0.29) is 31.2 Å². The number of nitrogens with zero attached hydrogens (tertiary/aromatic N) is 1. The second-order valence-electron chi connectivity index (χ2n) is 7.90. The van der Waals surface area contributed by atoms with E-state index in [1.54, 1.807) is 36.4 Å². The number of aromatic nitrogens is 2. The highest BCUT2D eigenvalue weighted by atomic mass is 19.1. The summed E-state index contributed by atoms with van der Waals surface area (Å²) in [5.74, 6) is -0.407. The smallest absolute Gasteiger partial charge is 0.255 e. The molecule has 0 aliphatic carbocycles. The lowest BCUT2D eigenvalue weighted by molar-refractivity contribution is 0.0912. The van der Waals surface area contributed by atoms with E-state index >= 15 is 0 Å². The SMILES string of the molecule is O=C(N[C@H](CO)c1ccccc1)c1ccc2n[nH]c(C=Cc3ccc(F)cc3)c2c1OCCCO. The number of carbonyl (C=O) groups excluding carboxylic acids is 1. The number of ether oxygens (including phenoxy) is 1. The zero-order valence-electron chi connectivity index (χ0n) is 18.9. The maximum absolute atomic E-state index is 13.3. The van der Waals surface area contributed by atoms with E-state index in [1.165, 1.54) is 12.1 Å². The fraction of sp³-hybridized carbons (Fsp3) is 0.185. The molecule has 3 aromatic carbocycles. The summed E-state index contributed by atoms with van der Waals surface area (Å²) in [5.41, 5.74) is 3.06. The maximum Gasteiger partial charge on any atom is 0.255 e.